The van der Waals surface area contributed by atoms with Crippen LogP contribution in [-0.4, -0.2) is 44.9 Å². The van der Waals surface area contributed by atoms with Crippen molar-refractivity contribution in [2.75, 3.05) is 13.1 Å². The number of amides is 2. The van der Waals surface area contributed by atoms with Crippen molar-refractivity contribution >= 4 is 23.0 Å². The Bertz CT molecular complexity index is 1790. The number of hydrogen-bond donors (Lipinski definition) is 2. The Kier molecular flexibility index (Phi) is 10.4. The van der Waals surface area contributed by atoms with Crippen LogP contribution in [0.2, 0.25) is 0 Å². The van der Waals surface area contributed by atoms with Gasteiger partial charge in [-0.3, -0.25) is 9.59 Å². The summed E-state index contributed by atoms with van der Waals surface area (Å²) >= 11 is 0. The molecule has 0 unspecified atom stereocenters. The quantitative estimate of drug-likeness (QED) is 0.205. The molecule has 8 rings (SSSR count). The number of nitrogens with zero attached hydrogens (tertiary/aromatic N) is 2. The second-order valence-electron chi connectivity index (χ2n) is 13.8. The van der Waals surface area contributed by atoms with E-state index in [4.69, 9.17) is 0 Å². The Balaban J connectivity index is 0.000000157. The minimum atomic E-state index is 0.0455. The molecule has 2 aliphatic carbocycles. The van der Waals surface area contributed by atoms with Gasteiger partial charge >= 0.3 is 0 Å². The number of carbonyl (C=O) groups excluding carboxylic acids is 2. The standard InChI is InChI=1S/2C22H23NO2/c2*24-15-17-8-9-18-10-11-21(23-12-4-7-22(23)25)20(19(18)14-17)13-16-5-2-1-3-6-16/h2*1-3,5-6,8-9,14,24H,4,7,10-13,15H2. The molecule has 2 fully saturated rings. The molecule has 0 atom stereocenters. The van der Waals surface area contributed by atoms with Crippen molar-refractivity contribution in [1.82, 2.24) is 9.80 Å². The van der Waals surface area contributed by atoms with Crippen molar-refractivity contribution in [3.8, 4) is 0 Å². The van der Waals surface area contributed by atoms with Gasteiger partial charge in [-0.2, -0.15) is 0 Å². The fourth-order valence-electron chi connectivity index (χ4n) is 8.02. The van der Waals surface area contributed by atoms with Crippen LogP contribution in [0.15, 0.2) is 108 Å². The van der Waals surface area contributed by atoms with Gasteiger partial charge in [0.1, 0.15) is 0 Å². The van der Waals surface area contributed by atoms with Gasteiger partial charge in [0.05, 0.1) is 13.2 Å². The molecule has 2 heterocycles. The maximum absolute atomic E-state index is 12.4. The van der Waals surface area contributed by atoms with E-state index >= 15 is 0 Å². The summed E-state index contributed by atoms with van der Waals surface area (Å²) in [7, 11) is 0. The van der Waals surface area contributed by atoms with E-state index < -0.39 is 0 Å². The SMILES string of the molecule is O=C1CCCN1C1=C(Cc2ccccc2)c2cc(CO)ccc2CC1.O=C1CCCN1C1=C(Cc2ccccc2)c2cc(CO)ccc2CC1. The normalized spacial score (nSPS) is 17.2. The predicted octanol–water partition coefficient (Wildman–Crippen LogP) is 7.40. The third-order valence-corrected chi connectivity index (χ3v) is 10.6. The van der Waals surface area contributed by atoms with Crippen molar-refractivity contribution in [2.45, 2.75) is 77.4 Å². The first-order valence-corrected chi connectivity index (χ1v) is 18.1. The lowest BCUT2D eigenvalue weighted by Gasteiger charge is -2.30. The highest BCUT2D eigenvalue weighted by Crippen LogP contribution is 2.39. The highest BCUT2D eigenvalue weighted by molar-refractivity contribution is 5.86. The van der Waals surface area contributed by atoms with Gasteiger partial charge in [0.25, 0.3) is 0 Å². The molecule has 4 aromatic carbocycles. The molecule has 0 radical (unpaired) electrons. The summed E-state index contributed by atoms with van der Waals surface area (Å²) in [5.74, 6) is 0.504. The summed E-state index contributed by atoms with van der Waals surface area (Å²) in [5.41, 5.74) is 14.3. The van der Waals surface area contributed by atoms with E-state index in [9.17, 15) is 19.8 Å². The molecule has 256 valence electrons. The van der Waals surface area contributed by atoms with Crippen LogP contribution >= 0.6 is 0 Å². The Labute approximate surface area is 295 Å². The molecule has 0 spiro atoms. The zero-order valence-corrected chi connectivity index (χ0v) is 28.7. The predicted molar refractivity (Wildman–Crippen MR) is 197 cm³/mol. The van der Waals surface area contributed by atoms with Gasteiger partial charge in [-0.1, -0.05) is 84.9 Å². The number of aliphatic hydroxyl groups is 2. The topological polar surface area (TPSA) is 81.1 Å². The van der Waals surface area contributed by atoms with E-state index in [0.29, 0.717) is 12.8 Å². The van der Waals surface area contributed by atoms with Crippen LogP contribution in [0.3, 0.4) is 0 Å². The highest BCUT2D eigenvalue weighted by atomic mass is 16.3. The molecule has 0 saturated carbocycles. The third-order valence-electron chi connectivity index (χ3n) is 10.6. The van der Waals surface area contributed by atoms with Crippen molar-refractivity contribution in [3.63, 3.8) is 0 Å². The van der Waals surface area contributed by atoms with E-state index in [1.807, 2.05) is 34.1 Å². The Morgan fingerprint density at radius 3 is 1.26 bits per heavy atom. The molecular formula is C44H46N2O4. The number of carbonyl (C=O) groups is 2. The fourth-order valence-corrected chi connectivity index (χ4v) is 8.02. The maximum Gasteiger partial charge on any atom is 0.226 e. The number of allylic oxidation sites excluding steroid dienone is 4. The van der Waals surface area contributed by atoms with E-state index in [1.54, 1.807) is 0 Å². The second-order valence-corrected chi connectivity index (χ2v) is 13.8. The van der Waals surface area contributed by atoms with Crippen molar-refractivity contribution in [3.05, 3.63) is 153 Å². The first-order valence-electron chi connectivity index (χ1n) is 18.1. The minimum Gasteiger partial charge on any atom is -0.392 e. The molecule has 0 bridgehead atoms. The van der Waals surface area contributed by atoms with Crippen LogP contribution in [0.1, 0.15) is 83.0 Å². The number of fused-ring (bicyclic) bond motifs is 2. The smallest absolute Gasteiger partial charge is 0.226 e. The molecule has 4 aromatic rings. The van der Waals surface area contributed by atoms with Gasteiger partial charge in [0.15, 0.2) is 0 Å². The lowest BCUT2D eigenvalue weighted by molar-refractivity contribution is -0.127. The summed E-state index contributed by atoms with van der Waals surface area (Å²) in [6, 6.07) is 33.3. The molecule has 2 saturated heterocycles. The monoisotopic (exact) mass is 666 g/mol. The van der Waals surface area contributed by atoms with E-state index in [2.05, 4.69) is 72.8 Å². The van der Waals surface area contributed by atoms with E-state index in [-0.39, 0.29) is 25.0 Å². The van der Waals surface area contributed by atoms with Gasteiger partial charge in [-0.15, -0.1) is 0 Å². The summed E-state index contributed by atoms with van der Waals surface area (Å²) in [6.07, 6.45) is 8.60. The van der Waals surface area contributed by atoms with Gasteiger partial charge in [-0.05, 0) is 119 Å². The molecule has 2 aliphatic heterocycles. The summed E-state index contributed by atoms with van der Waals surface area (Å²) < 4.78 is 0. The van der Waals surface area contributed by atoms with Crippen LogP contribution in [0.4, 0.5) is 0 Å². The number of likely N-dealkylation sites (tertiary alicyclic amines) is 2. The van der Waals surface area contributed by atoms with Gasteiger partial charge in [0, 0.05) is 37.3 Å². The first-order chi connectivity index (χ1) is 24.5. The van der Waals surface area contributed by atoms with Crippen LogP contribution in [0.25, 0.3) is 11.1 Å². The zero-order valence-electron chi connectivity index (χ0n) is 28.7. The van der Waals surface area contributed by atoms with Crippen molar-refractivity contribution in [1.29, 1.82) is 0 Å². The lowest BCUT2D eigenvalue weighted by Crippen LogP contribution is -2.27. The van der Waals surface area contributed by atoms with Crippen LogP contribution in [0.5, 0.6) is 0 Å². The number of aryl methyl sites for hydroxylation is 2. The third kappa shape index (κ3) is 7.23. The van der Waals surface area contributed by atoms with Gasteiger partial charge in [-0.25, -0.2) is 0 Å². The Hall–Kier alpha value is -4.78. The average molecular weight is 667 g/mol. The molecule has 6 nitrogen and oxygen atoms in total. The zero-order chi connectivity index (χ0) is 34.5. The second kappa shape index (κ2) is 15.4. The lowest BCUT2D eigenvalue weighted by atomic mass is 9.84. The molecular weight excluding hydrogens is 620 g/mol. The highest BCUT2D eigenvalue weighted by Gasteiger charge is 2.31. The maximum atomic E-state index is 12.4. The number of aliphatic hydroxyl groups excluding tert-OH is 2. The Morgan fingerprint density at radius 1 is 0.480 bits per heavy atom. The van der Waals surface area contributed by atoms with Crippen LogP contribution in [-0.2, 0) is 48.5 Å². The summed E-state index contributed by atoms with van der Waals surface area (Å²) in [6.45, 7) is 1.76. The molecule has 2 amide bonds. The molecule has 6 heteroatoms. The van der Waals surface area contributed by atoms with E-state index in [0.717, 1.165) is 75.6 Å². The molecule has 0 aromatic heterocycles. The van der Waals surface area contributed by atoms with Crippen LogP contribution < -0.4 is 0 Å². The minimum absolute atomic E-state index is 0.0455. The first kappa shape index (κ1) is 33.7. The molecule has 4 aliphatic rings. The Morgan fingerprint density at radius 2 is 0.900 bits per heavy atom. The summed E-state index contributed by atoms with van der Waals surface area (Å²) in [5, 5.41) is 19.1. The van der Waals surface area contributed by atoms with Crippen molar-refractivity contribution < 1.29 is 19.8 Å². The van der Waals surface area contributed by atoms with Crippen molar-refractivity contribution in [2.24, 2.45) is 0 Å². The van der Waals surface area contributed by atoms with E-state index in [1.165, 1.54) is 55.9 Å². The number of rotatable bonds is 8. The van der Waals surface area contributed by atoms with Gasteiger partial charge in [0.2, 0.25) is 11.8 Å². The number of benzene rings is 4. The summed E-state index contributed by atoms with van der Waals surface area (Å²) in [4.78, 5) is 28.7. The molecule has 2 N–H and O–H groups in total. The molecule has 50 heavy (non-hydrogen) atoms. The van der Waals surface area contributed by atoms with Crippen LogP contribution in [0, 0.1) is 0 Å². The largest absolute Gasteiger partial charge is 0.392 e. The fraction of sp³-hybridized carbons (Fsp3) is 0.318. The number of hydrogen-bond acceptors (Lipinski definition) is 4. The average Bonchev–Trinajstić information content (AvgIpc) is 3.80. The van der Waals surface area contributed by atoms with Gasteiger partial charge < -0.3 is 20.0 Å².